The van der Waals surface area contributed by atoms with E-state index in [1.54, 1.807) is 29.7 Å². The molecule has 2 amide bonds. The summed E-state index contributed by atoms with van der Waals surface area (Å²) in [6.45, 7) is 4.35. The Labute approximate surface area is 167 Å². The van der Waals surface area contributed by atoms with E-state index in [1.165, 1.54) is 11.3 Å². The van der Waals surface area contributed by atoms with Crippen molar-refractivity contribution in [2.45, 2.75) is 19.9 Å². The molecule has 0 fully saturated rings. The average Bonchev–Trinajstić information content (AvgIpc) is 3.15. The molecule has 0 unspecified atom stereocenters. The molecule has 0 aliphatic carbocycles. The largest absolute Gasteiger partial charge is 0.491 e. The fraction of sp³-hybridized carbons (Fsp3) is 0.238. The molecule has 0 spiro atoms. The van der Waals surface area contributed by atoms with Gasteiger partial charge in [0.05, 0.1) is 10.9 Å². The lowest BCUT2D eigenvalue weighted by molar-refractivity contribution is 0.0706. The molecule has 0 bridgehead atoms. The van der Waals surface area contributed by atoms with Gasteiger partial charge in [0.25, 0.3) is 11.8 Å². The minimum atomic E-state index is -0.581. The second-order valence-electron chi connectivity index (χ2n) is 6.75. The highest BCUT2D eigenvalue weighted by Gasteiger charge is 2.19. The van der Waals surface area contributed by atoms with Gasteiger partial charge in [0.1, 0.15) is 12.4 Å². The van der Waals surface area contributed by atoms with E-state index in [4.69, 9.17) is 9.94 Å². The molecule has 6 nitrogen and oxygen atoms in total. The van der Waals surface area contributed by atoms with E-state index in [0.29, 0.717) is 22.8 Å². The number of carbonyl (C=O) groups excluding carboxylic acids is 2. The van der Waals surface area contributed by atoms with Crippen LogP contribution in [-0.2, 0) is 0 Å². The molecule has 0 saturated heterocycles. The average molecular weight is 398 g/mol. The molecular formula is C21H22N2O4S. The fourth-order valence-corrected chi connectivity index (χ4v) is 3.65. The molecule has 0 aliphatic heterocycles. The number of fused-ring (bicyclic) bond motifs is 1. The van der Waals surface area contributed by atoms with Crippen molar-refractivity contribution < 1.29 is 19.5 Å². The van der Waals surface area contributed by atoms with Gasteiger partial charge in [-0.15, -0.1) is 11.3 Å². The lowest BCUT2D eigenvalue weighted by Gasteiger charge is -2.22. The van der Waals surface area contributed by atoms with Gasteiger partial charge in [-0.2, -0.15) is 0 Å². The van der Waals surface area contributed by atoms with Crippen LogP contribution in [0.4, 0.5) is 0 Å². The molecule has 28 heavy (non-hydrogen) atoms. The number of amides is 2. The minimum Gasteiger partial charge on any atom is -0.491 e. The first-order valence-electron chi connectivity index (χ1n) is 8.94. The van der Waals surface area contributed by atoms with Gasteiger partial charge in [0.15, 0.2) is 0 Å². The highest BCUT2D eigenvalue weighted by molar-refractivity contribution is 7.20. The zero-order chi connectivity index (χ0) is 20.1. The normalized spacial score (nSPS) is 12.0. The number of hydrogen-bond acceptors (Lipinski definition) is 5. The summed E-state index contributed by atoms with van der Waals surface area (Å²) in [7, 11) is 0. The third-order valence-electron chi connectivity index (χ3n) is 4.42. The Morgan fingerprint density at radius 1 is 1.07 bits per heavy atom. The molecule has 3 aromatic rings. The van der Waals surface area contributed by atoms with Crippen LogP contribution in [0.1, 0.15) is 33.9 Å². The summed E-state index contributed by atoms with van der Waals surface area (Å²) in [5.74, 6) is 0.0645. The Hall–Kier alpha value is -2.90. The molecule has 3 N–H and O–H groups in total. The monoisotopic (exact) mass is 398 g/mol. The van der Waals surface area contributed by atoms with Crippen molar-refractivity contribution in [2.24, 2.45) is 5.92 Å². The van der Waals surface area contributed by atoms with E-state index in [9.17, 15) is 9.59 Å². The maximum absolute atomic E-state index is 12.7. The highest BCUT2D eigenvalue weighted by Crippen LogP contribution is 2.25. The number of thiophene rings is 1. The maximum Gasteiger partial charge on any atom is 0.274 e. The number of hydroxylamine groups is 1. The van der Waals surface area contributed by atoms with Crippen LogP contribution in [0.25, 0.3) is 10.1 Å². The summed E-state index contributed by atoms with van der Waals surface area (Å²) < 4.78 is 6.87. The van der Waals surface area contributed by atoms with E-state index in [-0.39, 0.29) is 17.9 Å². The maximum atomic E-state index is 12.7. The Bertz CT molecular complexity index is 933. The molecule has 3 rings (SSSR count). The zero-order valence-electron chi connectivity index (χ0n) is 15.6. The van der Waals surface area contributed by atoms with Crippen molar-refractivity contribution in [1.82, 2.24) is 10.8 Å². The van der Waals surface area contributed by atoms with Crippen molar-refractivity contribution >= 4 is 33.2 Å². The molecule has 0 saturated carbocycles. The van der Waals surface area contributed by atoms with Gasteiger partial charge in [-0.3, -0.25) is 14.8 Å². The van der Waals surface area contributed by atoms with Crippen LogP contribution in [0.2, 0.25) is 0 Å². The van der Waals surface area contributed by atoms with Crippen LogP contribution in [0.3, 0.4) is 0 Å². The van der Waals surface area contributed by atoms with E-state index in [1.807, 2.05) is 44.2 Å². The standard InChI is InChI=1S/C21H22N2O4S/c1-13(2)17(12-27-16-9-7-14(8-10-16)20(24)23-26)22-21(25)19-11-15-5-3-4-6-18(15)28-19/h3-11,13,17,26H,12H2,1-2H3,(H,22,25)(H,23,24)/t17-/m1/s1. The highest BCUT2D eigenvalue weighted by atomic mass is 32.1. The van der Waals surface area contributed by atoms with Crippen molar-refractivity contribution in [3.8, 4) is 5.75 Å². The van der Waals surface area contributed by atoms with Crippen molar-refractivity contribution in [3.63, 3.8) is 0 Å². The lowest BCUT2D eigenvalue weighted by Crippen LogP contribution is -2.42. The van der Waals surface area contributed by atoms with E-state index in [2.05, 4.69) is 5.32 Å². The number of hydrogen-bond donors (Lipinski definition) is 3. The molecule has 2 aromatic carbocycles. The number of carbonyl (C=O) groups is 2. The summed E-state index contributed by atoms with van der Waals surface area (Å²) in [4.78, 5) is 24.7. The summed E-state index contributed by atoms with van der Waals surface area (Å²) in [5, 5.41) is 12.8. The van der Waals surface area contributed by atoms with Crippen LogP contribution < -0.4 is 15.5 Å². The predicted molar refractivity (Wildman–Crippen MR) is 109 cm³/mol. The van der Waals surface area contributed by atoms with Crippen LogP contribution in [0, 0.1) is 5.92 Å². The van der Waals surface area contributed by atoms with Gasteiger partial charge in [-0.25, -0.2) is 5.48 Å². The van der Waals surface area contributed by atoms with Gasteiger partial charge >= 0.3 is 0 Å². The SMILES string of the molecule is CC(C)[C@@H](COc1ccc(C(=O)NO)cc1)NC(=O)c1cc2ccccc2s1. The summed E-state index contributed by atoms with van der Waals surface area (Å²) >= 11 is 1.47. The van der Waals surface area contributed by atoms with Gasteiger partial charge < -0.3 is 10.1 Å². The fourth-order valence-electron chi connectivity index (χ4n) is 2.69. The number of benzene rings is 2. The Morgan fingerprint density at radius 2 is 1.79 bits per heavy atom. The van der Waals surface area contributed by atoms with Crippen LogP contribution in [0.5, 0.6) is 5.75 Å². The quantitative estimate of drug-likeness (QED) is 0.417. The van der Waals surface area contributed by atoms with E-state index >= 15 is 0 Å². The molecule has 7 heteroatoms. The molecule has 1 heterocycles. The lowest BCUT2D eigenvalue weighted by atomic mass is 10.1. The van der Waals surface area contributed by atoms with Crippen LogP contribution >= 0.6 is 11.3 Å². The number of rotatable bonds is 7. The molecule has 0 radical (unpaired) electrons. The smallest absolute Gasteiger partial charge is 0.274 e. The summed E-state index contributed by atoms with van der Waals surface area (Å²) in [6, 6.07) is 16.1. The Balaban J connectivity index is 1.63. The van der Waals surface area contributed by atoms with E-state index < -0.39 is 5.91 Å². The first-order valence-corrected chi connectivity index (χ1v) is 9.76. The molecule has 146 valence electrons. The molecule has 1 atom stereocenters. The Kier molecular flexibility index (Phi) is 6.28. The van der Waals surface area contributed by atoms with Gasteiger partial charge in [0, 0.05) is 10.3 Å². The number of nitrogens with one attached hydrogen (secondary N) is 2. The van der Waals surface area contributed by atoms with Crippen molar-refractivity contribution in [2.75, 3.05) is 6.61 Å². The Morgan fingerprint density at radius 3 is 2.43 bits per heavy atom. The van der Waals surface area contributed by atoms with Gasteiger partial charge in [-0.05, 0) is 47.7 Å². The minimum absolute atomic E-state index is 0.113. The molecular weight excluding hydrogens is 376 g/mol. The zero-order valence-corrected chi connectivity index (χ0v) is 16.5. The van der Waals surface area contributed by atoms with Crippen molar-refractivity contribution in [1.29, 1.82) is 0 Å². The van der Waals surface area contributed by atoms with Gasteiger partial charge in [0.2, 0.25) is 0 Å². The summed E-state index contributed by atoms with van der Waals surface area (Å²) in [5.41, 5.74) is 1.91. The van der Waals surface area contributed by atoms with Crippen LogP contribution in [-0.4, -0.2) is 29.7 Å². The van der Waals surface area contributed by atoms with E-state index in [0.717, 1.165) is 10.1 Å². The molecule has 1 aromatic heterocycles. The third-order valence-corrected chi connectivity index (χ3v) is 5.53. The first-order chi connectivity index (χ1) is 13.5. The summed E-state index contributed by atoms with van der Waals surface area (Å²) in [6.07, 6.45) is 0. The number of ether oxygens (including phenoxy) is 1. The predicted octanol–water partition coefficient (Wildman–Crippen LogP) is 3.85. The molecule has 0 aliphatic rings. The van der Waals surface area contributed by atoms with Gasteiger partial charge in [-0.1, -0.05) is 32.0 Å². The van der Waals surface area contributed by atoms with Crippen molar-refractivity contribution in [3.05, 3.63) is 65.0 Å². The third kappa shape index (κ3) is 4.68. The topological polar surface area (TPSA) is 87.7 Å². The first kappa shape index (κ1) is 19.9. The van der Waals surface area contributed by atoms with Crippen LogP contribution in [0.15, 0.2) is 54.6 Å². The second kappa shape index (κ2) is 8.86. The second-order valence-corrected chi connectivity index (χ2v) is 7.83.